The molecule has 150 valence electrons. The second-order valence-corrected chi connectivity index (χ2v) is 6.75. The number of carbonyl (C=O) groups excluding carboxylic acids is 1. The standard InChI is InChI=1S/C21H15ClN4O4/c1-30-20(28)15-8-5-11-24-18(15)26-19(27)14-7-4-10-23-17(14)25(21(26)29)12-13-6-2-3-9-16(13)22/h2-11H,12H2,1H3. The molecule has 0 aliphatic heterocycles. The molecular weight excluding hydrogens is 408 g/mol. The van der Waals surface area contributed by atoms with Gasteiger partial charge in [0, 0.05) is 17.4 Å². The van der Waals surface area contributed by atoms with Gasteiger partial charge in [0.2, 0.25) is 0 Å². The Morgan fingerprint density at radius 1 is 1.03 bits per heavy atom. The third kappa shape index (κ3) is 3.27. The maximum absolute atomic E-state index is 13.4. The molecule has 4 aromatic rings. The van der Waals surface area contributed by atoms with E-state index < -0.39 is 17.2 Å². The Morgan fingerprint density at radius 2 is 1.77 bits per heavy atom. The molecule has 0 unspecified atom stereocenters. The van der Waals surface area contributed by atoms with Crippen LogP contribution in [0.3, 0.4) is 0 Å². The van der Waals surface area contributed by atoms with Crippen LogP contribution in [0.15, 0.2) is 70.5 Å². The molecule has 0 saturated heterocycles. The molecule has 0 bridgehead atoms. The fraction of sp³-hybridized carbons (Fsp3) is 0.0952. The first-order chi connectivity index (χ1) is 14.5. The molecule has 0 atom stereocenters. The molecule has 0 aliphatic rings. The van der Waals surface area contributed by atoms with Crippen molar-refractivity contribution in [3.63, 3.8) is 0 Å². The van der Waals surface area contributed by atoms with Gasteiger partial charge in [-0.3, -0.25) is 9.36 Å². The van der Waals surface area contributed by atoms with Crippen LogP contribution in [-0.2, 0) is 11.3 Å². The third-order valence-electron chi connectivity index (χ3n) is 4.59. The average Bonchev–Trinajstić information content (AvgIpc) is 2.78. The van der Waals surface area contributed by atoms with Crippen LogP contribution < -0.4 is 11.2 Å². The number of rotatable bonds is 4. The summed E-state index contributed by atoms with van der Waals surface area (Å²) < 4.78 is 6.96. The molecule has 3 aromatic heterocycles. The van der Waals surface area contributed by atoms with Crippen LogP contribution >= 0.6 is 11.6 Å². The van der Waals surface area contributed by atoms with E-state index in [2.05, 4.69) is 9.97 Å². The molecule has 4 rings (SSSR count). The first kappa shape index (κ1) is 19.5. The van der Waals surface area contributed by atoms with Crippen molar-refractivity contribution < 1.29 is 9.53 Å². The zero-order chi connectivity index (χ0) is 21.3. The number of halogens is 1. The van der Waals surface area contributed by atoms with Gasteiger partial charge in [-0.15, -0.1) is 0 Å². The Labute approximate surface area is 175 Å². The first-order valence-electron chi connectivity index (χ1n) is 8.90. The van der Waals surface area contributed by atoms with Gasteiger partial charge in [0.15, 0.2) is 5.82 Å². The number of hydrogen-bond donors (Lipinski definition) is 0. The highest BCUT2D eigenvalue weighted by atomic mass is 35.5. The summed E-state index contributed by atoms with van der Waals surface area (Å²) in [7, 11) is 1.21. The summed E-state index contributed by atoms with van der Waals surface area (Å²) in [5.74, 6) is -0.827. The van der Waals surface area contributed by atoms with Crippen LogP contribution in [0.1, 0.15) is 15.9 Å². The summed E-state index contributed by atoms with van der Waals surface area (Å²) >= 11 is 6.27. The lowest BCUT2D eigenvalue weighted by Gasteiger charge is -2.15. The molecule has 9 heteroatoms. The number of ether oxygens (including phenoxy) is 1. The Hall–Kier alpha value is -3.78. The Kier molecular flexibility index (Phi) is 5.16. The molecule has 1 aromatic carbocycles. The van der Waals surface area contributed by atoms with Gasteiger partial charge in [0.05, 0.1) is 19.0 Å². The van der Waals surface area contributed by atoms with E-state index in [4.69, 9.17) is 16.3 Å². The van der Waals surface area contributed by atoms with Crippen LogP contribution in [0.2, 0.25) is 5.02 Å². The molecule has 0 saturated carbocycles. The van der Waals surface area contributed by atoms with Gasteiger partial charge in [0.1, 0.15) is 11.2 Å². The quantitative estimate of drug-likeness (QED) is 0.469. The zero-order valence-electron chi connectivity index (χ0n) is 15.8. The van der Waals surface area contributed by atoms with E-state index in [0.29, 0.717) is 10.6 Å². The number of hydrogen-bond acceptors (Lipinski definition) is 6. The second-order valence-electron chi connectivity index (χ2n) is 6.34. The Morgan fingerprint density at radius 3 is 2.53 bits per heavy atom. The number of pyridine rings is 2. The number of carbonyl (C=O) groups is 1. The molecule has 0 aliphatic carbocycles. The van der Waals surface area contributed by atoms with Crippen molar-refractivity contribution in [2.24, 2.45) is 0 Å². The molecule has 0 radical (unpaired) electrons. The van der Waals surface area contributed by atoms with E-state index in [1.165, 1.54) is 36.2 Å². The van der Waals surface area contributed by atoms with Crippen LogP contribution in [0.4, 0.5) is 0 Å². The van der Waals surface area contributed by atoms with Crippen molar-refractivity contribution in [2.75, 3.05) is 7.11 Å². The fourth-order valence-electron chi connectivity index (χ4n) is 3.17. The minimum atomic E-state index is -0.715. The third-order valence-corrected chi connectivity index (χ3v) is 4.96. The Balaban J connectivity index is 2.07. The van der Waals surface area contributed by atoms with E-state index in [9.17, 15) is 14.4 Å². The summed E-state index contributed by atoms with van der Waals surface area (Å²) in [6, 6.07) is 13.2. The van der Waals surface area contributed by atoms with Crippen molar-refractivity contribution in [2.45, 2.75) is 6.54 Å². The van der Waals surface area contributed by atoms with Crippen molar-refractivity contribution in [3.05, 3.63) is 97.9 Å². The normalized spacial score (nSPS) is 10.9. The van der Waals surface area contributed by atoms with Crippen LogP contribution in [0, 0.1) is 0 Å². The van der Waals surface area contributed by atoms with Gasteiger partial charge in [-0.25, -0.2) is 24.1 Å². The highest BCUT2D eigenvalue weighted by Gasteiger charge is 2.21. The number of nitrogens with zero attached hydrogens (tertiary/aromatic N) is 4. The molecule has 0 amide bonds. The van der Waals surface area contributed by atoms with E-state index in [-0.39, 0.29) is 29.0 Å². The SMILES string of the molecule is COC(=O)c1cccnc1-n1c(=O)c2cccnc2n(Cc2ccccc2Cl)c1=O. The molecule has 0 fully saturated rings. The number of benzene rings is 1. The molecule has 30 heavy (non-hydrogen) atoms. The number of aromatic nitrogens is 4. The van der Waals surface area contributed by atoms with Gasteiger partial charge >= 0.3 is 11.7 Å². The van der Waals surface area contributed by atoms with Crippen molar-refractivity contribution in [1.82, 2.24) is 19.1 Å². The summed E-state index contributed by atoms with van der Waals surface area (Å²) in [6.45, 7) is 0.0761. The van der Waals surface area contributed by atoms with Crippen LogP contribution in [-0.4, -0.2) is 32.2 Å². The maximum atomic E-state index is 13.4. The fourth-order valence-corrected chi connectivity index (χ4v) is 3.36. The van der Waals surface area contributed by atoms with Gasteiger partial charge in [-0.05, 0) is 35.9 Å². The van der Waals surface area contributed by atoms with Gasteiger partial charge in [0.25, 0.3) is 5.56 Å². The van der Waals surface area contributed by atoms with E-state index in [1.807, 2.05) is 0 Å². The highest BCUT2D eigenvalue weighted by molar-refractivity contribution is 6.31. The zero-order valence-corrected chi connectivity index (χ0v) is 16.5. The predicted molar refractivity (Wildman–Crippen MR) is 111 cm³/mol. The smallest absolute Gasteiger partial charge is 0.341 e. The topological polar surface area (TPSA) is 96.1 Å². The molecule has 0 spiro atoms. The van der Waals surface area contributed by atoms with Crippen molar-refractivity contribution in [1.29, 1.82) is 0 Å². The molecule has 0 N–H and O–H groups in total. The van der Waals surface area contributed by atoms with Gasteiger partial charge < -0.3 is 4.74 Å². The first-order valence-corrected chi connectivity index (χ1v) is 9.28. The van der Waals surface area contributed by atoms with Crippen molar-refractivity contribution in [3.8, 4) is 5.82 Å². The predicted octanol–water partition coefficient (Wildman–Crippen LogP) is 2.43. The van der Waals surface area contributed by atoms with E-state index in [0.717, 1.165) is 4.57 Å². The van der Waals surface area contributed by atoms with Crippen LogP contribution in [0.5, 0.6) is 0 Å². The average molecular weight is 423 g/mol. The lowest BCUT2D eigenvalue weighted by molar-refractivity contribution is 0.0600. The van der Waals surface area contributed by atoms with Gasteiger partial charge in [-0.1, -0.05) is 29.8 Å². The minimum absolute atomic E-state index is 0.00765. The summed E-state index contributed by atoms with van der Waals surface area (Å²) in [5.41, 5.74) is -0.462. The Bertz CT molecular complexity index is 1390. The largest absolute Gasteiger partial charge is 0.465 e. The molecule has 3 heterocycles. The van der Waals surface area contributed by atoms with E-state index >= 15 is 0 Å². The number of esters is 1. The number of methoxy groups -OCH3 is 1. The van der Waals surface area contributed by atoms with Crippen molar-refractivity contribution >= 4 is 28.6 Å². The summed E-state index contributed by atoms with van der Waals surface area (Å²) in [4.78, 5) is 47.2. The lowest BCUT2D eigenvalue weighted by atomic mass is 10.2. The molecular formula is C21H15ClN4O4. The van der Waals surface area contributed by atoms with E-state index in [1.54, 1.807) is 36.4 Å². The lowest BCUT2D eigenvalue weighted by Crippen LogP contribution is -2.40. The maximum Gasteiger partial charge on any atom is 0.341 e. The highest BCUT2D eigenvalue weighted by Crippen LogP contribution is 2.18. The van der Waals surface area contributed by atoms with Gasteiger partial charge in [-0.2, -0.15) is 0 Å². The van der Waals surface area contributed by atoms with Crippen LogP contribution in [0.25, 0.3) is 16.9 Å². The number of fused-ring (bicyclic) bond motifs is 1. The summed E-state index contributed by atoms with van der Waals surface area (Å²) in [6.07, 6.45) is 2.88. The molecule has 8 nitrogen and oxygen atoms in total. The summed E-state index contributed by atoms with van der Waals surface area (Å²) in [5, 5.41) is 0.671. The minimum Gasteiger partial charge on any atom is -0.465 e. The second kappa shape index (κ2) is 7.92. The monoisotopic (exact) mass is 422 g/mol.